The van der Waals surface area contributed by atoms with Gasteiger partial charge in [0.25, 0.3) is 5.56 Å². The number of aliphatic hydroxyl groups is 1. The van der Waals surface area contributed by atoms with Crippen molar-refractivity contribution in [3.63, 3.8) is 0 Å². The standard InChI is InChI=1S/C31H36N6O4/c1-18-4-5-27(19(2)12-18)41-17-22(38)15-33-24-6-9-32-30(39)28(24)29-34-25-13-20-16-37(21-7-10-36(3)11-8-21)31(40)23(20)14-26(25)35-29/h4-6,9,12-14,16,21-22,38,40H,7-8,10-11,15,17H2,1-3H3,(H,34,35)(H2,32,33,39)/t22-/m1/s1. The van der Waals surface area contributed by atoms with Crippen LogP contribution in [0.25, 0.3) is 33.2 Å². The number of likely N-dealkylation sites (tertiary alicyclic amines) is 1. The molecule has 1 fully saturated rings. The van der Waals surface area contributed by atoms with Gasteiger partial charge in [-0.3, -0.25) is 4.79 Å². The summed E-state index contributed by atoms with van der Waals surface area (Å²) in [6.07, 6.45) is 4.74. The smallest absolute Gasteiger partial charge is 0.261 e. The quantitative estimate of drug-likeness (QED) is 0.192. The topological polar surface area (TPSA) is 131 Å². The number of piperidine rings is 1. The number of aromatic nitrogens is 4. The average molecular weight is 557 g/mol. The van der Waals surface area contributed by atoms with Gasteiger partial charge >= 0.3 is 0 Å². The van der Waals surface area contributed by atoms with E-state index in [0.717, 1.165) is 59.1 Å². The fourth-order valence-electron chi connectivity index (χ4n) is 5.69. The maximum atomic E-state index is 12.9. The fraction of sp³-hybridized carbons (Fsp3) is 0.355. The van der Waals surface area contributed by atoms with E-state index in [4.69, 9.17) is 9.72 Å². The van der Waals surface area contributed by atoms with E-state index in [9.17, 15) is 15.0 Å². The van der Waals surface area contributed by atoms with E-state index >= 15 is 0 Å². The first-order chi connectivity index (χ1) is 19.8. The summed E-state index contributed by atoms with van der Waals surface area (Å²) in [6, 6.07) is 11.7. The lowest BCUT2D eigenvalue weighted by molar-refractivity contribution is 0.117. The predicted octanol–water partition coefficient (Wildman–Crippen LogP) is 4.31. The molecule has 0 unspecified atom stereocenters. The number of ether oxygens (including phenoxy) is 1. The molecule has 1 saturated heterocycles. The molecule has 0 amide bonds. The summed E-state index contributed by atoms with van der Waals surface area (Å²) in [5.41, 5.74) is 4.16. The Kier molecular flexibility index (Phi) is 7.19. The Morgan fingerprint density at radius 1 is 1.17 bits per heavy atom. The van der Waals surface area contributed by atoms with Gasteiger partial charge in [-0.05, 0) is 76.7 Å². The van der Waals surface area contributed by atoms with Gasteiger partial charge in [-0.2, -0.15) is 0 Å². The first kappa shape index (κ1) is 26.9. The molecule has 1 atom stereocenters. The Morgan fingerprint density at radius 3 is 2.76 bits per heavy atom. The van der Waals surface area contributed by atoms with Gasteiger partial charge in [0.1, 0.15) is 29.8 Å². The van der Waals surface area contributed by atoms with E-state index in [1.54, 1.807) is 12.3 Å². The number of aromatic hydroxyl groups is 1. The number of imidazole rings is 1. The Bertz CT molecular complexity index is 1760. The molecular weight excluding hydrogens is 520 g/mol. The number of pyridine rings is 1. The summed E-state index contributed by atoms with van der Waals surface area (Å²) in [5, 5.41) is 26.5. The largest absolute Gasteiger partial charge is 0.494 e. The molecule has 6 rings (SSSR count). The van der Waals surface area contributed by atoms with Crippen LogP contribution in [0.15, 0.2) is 53.6 Å². The van der Waals surface area contributed by atoms with Crippen LogP contribution in [0.1, 0.15) is 30.0 Å². The number of nitrogens with zero attached hydrogens (tertiary/aromatic N) is 3. The number of nitrogens with one attached hydrogen (secondary N) is 3. The van der Waals surface area contributed by atoms with Crippen molar-refractivity contribution in [1.82, 2.24) is 24.4 Å². The van der Waals surface area contributed by atoms with Gasteiger partial charge in [0, 0.05) is 35.8 Å². The third kappa shape index (κ3) is 5.40. The highest BCUT2D eigenvalue weighted by Crippen LogP contribution is 2.36. The Balaban J connectivity index is 1.22. The van der Waals surface area contributed by atoms with Crippen LogP contribution in [0.5, 0.6) is 11.6 Å². The van der Waals surface area contributed by atoms with E-state index in [2.05, 4.69) is 27.2 Å². The highest BCUT2D eigenvalue weighted by Gasteiger charge is 2.23. The Morgan fingerprint density at radius 2 is 1.98 bits per heavy atom. The normalized spacial score (nSPS) is 15.5. The molecule has 0 aliphatic carbocycles. The molecular formula is C31H36N6O4. The molecule has 1 aliphatic rings. The Labute approximate surface area is 237 Å². The molecule has 0 bridgehead atoms. The van der Waals surface area contributed by atoms with Crippen LogP contribution in [-0.4, -0.2) is 74.0 Å². The second kappa shape index (κ2) is 10.9. The highest BCUT2D eigenvalue weighted by atomic mass is 16.5. The second-order valence-electron chi connectivity index (χ2n) is 11.1. The van der Waals surface area contributed by atoms with Gasteiger partial charge in [-0.15, -0.1) is 0 Å². The van der Waals surface area contributed by atoms with Crippen molar-refractivity contribution in [3.8, 4) is 23.0 Å². The molecule has 2 aromatic carbocycles. The van der Waals surface area contributed by atoms with Gasteiger partial charge in [-0.25, -0.2) is 4.98 Å². The monoisotopic (exact) mass is 556 g/mol. The molecule has 0 spiro atoms. The molecule has 5 N–H and O–H groups in total. The zero-order valence-electron chi connectivity index (χ0n) is 23.6. The summed E-state index contributed by atoms with van der Waals surface area (Å²) in [6.45, 7) is 6.29. The van der Waals surface area contributed by atoms with E-state index in [1.165, 1.54) is 0 Å². The molecule has 41 heavy (non-hydrogen) atoms. The summed E-state index contributed by atoms with van der Waals surface area (Å²) in [4.78, 5) is 26.0. The molecule has 5 aromatic rings. The number of benzene rings is 2. The molecule has 214 valence electrons. The van der Waals surface area contributed by atoms with Gasteiger partial charge in [0.05, 0.1) is 16.7 Å². The highest BCUT2D eigenvalue weighted by molar-refractivity contribution is 5.99. The Hall–Kier alpha value is -4.28. The SMILES string of the molecule is Cc1ccc(OC[C@H](O)CNc2cc[nH]c(=O)c2-c2nc3cc4c(O)n(C5CCN(C)CC5)cc4cc3[nH]2)c(C)c1. The molecule has 0 saturated carbocycles. The summed E-state index contributed by atoms with van der Waals surface area (Å²) in [5.74, 6) is 1.38. The number of H-pyrrole nitrogens is 2. The van der Waals surface area contributed by atoms with E-state index in [1.807, 2.05) is 54.9 Å². The number of hydrogen-bond acceptors (Lipinski definition) is 7. The number of anilines is 1. The lowest BCUT2D eigenvalue weighted by atomic mass is 10.1. The summed E-state index contributed by atoms with van der Waals surface area (Å²) >= 11 is 0. The number of fused-ring (bicyclic) bond motifs is 2. The van der Waals surface area contributed by atoms with Crippen LogP contribution in [0.2, 0.25) is 0 Å². The molecule has 10 heteroatoms. The summed E-state index contributed by atoms with van der Waals surface area (Å²) in [7, 11) is 2.12. The minimum absolute atomic E-state index is 0.108. The molecule has 0 radical (unpaired) electrons. The number of rotatable bonds is 8. The zero-order valence-corrected chi connectivity index (χ0v) is 23.6. The van der Waals surface area contributed by atoms with Crippen molar-refractivity contribution in [2.45, 2.75) is 38.8 Å². The van der Waals surface area contributed by atoms with Crippen molar-refractivity contribution in [2.75, 3.05) is 38.6 Å². The first-order valence-corrected chi connectivity index (χ1v) is 14.0. The van der Waals surface area contributed by atoms with Crippen molar-refractivity contribution in [1.29, 1.82) is 0 Å². The minimum atomic E-state index is -0.803. The minimum Gasteiger partial charge on any atom is -0.494 e. The van der Waals surface area contributed by atoms with E-state index in [0.29, 0.717) is 22.6 Å². The van der Waals surface area contributed by atoms with E-state index in [-0.39, 0.29) is 30.6 Å². The lowest BCUT2D eigenvalue weighted by Crippen LogP contribution is -2.31. The van der Waals surface area contributed by atoms with Gasteiger partial charge in [0.2, 0.25) is 0 Å². The predicted molar refractivity (Wildman–Crippen MR) is 161 cm³/mol. The van der Waals surface area contributed by atoms with Gasteiger partial charge < -0.3 is 39.7 Å². The lowest BCUT2D eigenvalue weighted by Gasteiger charge is -2.30. The molecule has 10 nitrogen and oxygen atoms in total. The zero-order chi connectivity index (χ0) is 28.7. The van der Waals surface area contributed by atoms with Crippen molar-refractivity contribution < 1.29 is 14.9 Å². The van der Waals surface area contributed by atoms with E-state index < -0.39 is 6.10 Å². The maximum absolute atomic E-state index is 12.9. The number of aryl methyl sites for hydroxylation is 2. The average Bonchev–Trinajstić information content (AvgIpc) is 3.50. The van der Waals surface area contributed by atoms with Crippen LogP contribution >= 0.6 is 0 Å². The van der Waals surface area contributed by atoms with Crippen molar-refractivity contribution >= 4 is 27.5 Å². The van der Waals surface area contributed by atoms with Crippen LogP contribution in [-0.2, 0) is 0 Å². The third-order valence-electron chi connectivity index (χ3n) is 7.99. The van der Waals surface area contributed by atoms with Crippen molar-refractivity contribution in [3.05, 3.63) is 70.3 Å². The molecule has 3 aromatic heterocycles. The second-order valence-corrected chi connectivity index (χ2v) is 11.1. The number of hydrogen-bond donors (Lipinski definition) is 5. The fourth-order valence-corrected chi connectivity index (χ4v) is 5.69. The summed E-state index contributed by atoms with van der Waals surface area (Å²) < 4.78 is 7.79. The maximum Gasteiger partial charge on any atom is 0.261 e. The third-order valence-corrected chi connectivity index (χ3v) is 7.99. The van der Waals surface area contributed by atoms with Crippen LogP contribution in [0, 0.1) is 13.8 Å². The van der Waals surface area contributed by atoms with Crippen LogP contribution in [0.4, 0.5) is 5.69 Å². The van der Waals surface area contributed by atoms with Gasteiger partial charge in [-0.1, -0.05) is 17.7 Å². The van der Waals surface area contributed by atoms with Crippen LogP contribution < -0.4 is 15.6 Å². The number of aromatic amines is 2. The van der Waals surface area contributed by atoms with Crippen LogP contribution in [0.3, 0.4) is 0 Å². The molecule has 1 aliphatic heterocycles. The van der Waals surface area contributed by atoms with Gasteiger partial charge in [0.15, 0.2) is 5.88 Å². The van der Waals surface area contributed by atoms with Crippen molar-refractivity contribution in [2.24, 2.45) is 0 Å². The number of aliphatic hydroxyl groups excluding tert-OH is 1. The molecule has 4 heterocycles. The first-order valence-electron chi connectivity index (χ1n) is 14.0.